The molecule has 0 saturated heterocycles. The second-order valence-corrected chi connectivity index (χ2v) is 15.6. The van der Waals surface area contributed by atoms with E-state index >= 15 is 0 Å². The van der Waals surface area contributed by atoms with Gasteiger partial charge in [-0.15, -0.1) is 0 Å². The van der Waals surface area contributed by atoms with Crippen molar-refractivity contribution in [3.63, 3.8) is 0 Å². The predicted octanol–water partition coefficient (Wildman–Crippen LogP) is 16.3. The van der Waals surface area contributed by atoms with E-state index in [4.69, 9.17) is 14.2 Å². The Hall–Kier alpha value is -4.45. The Labute approximate surface area is 385 Å². The summed E-state index contributed by atoms with van der Waals surface area (Å²) in [6.45, 7) is 6.23. The van der Waals surface area contributed by atoms with Crippen LogP contribution in [0.3, 0.4) is 0 Å². The third kappa shape index (κ3) is 48.4. The third-order valence-electron chi connectivity index (χ3n) is 9.65. The summed E-state index contributed by atoms with van der Waals surface area (Å²) in [5.41, 5.74) is 0. The van der Waals surface area contributed by atoms with Crippen LogP contribution in [0.1, 0.15) is 188 Å². The zero-order valence-electron chi connectivity index (χ0n) is 40.0. The molecular formula is C57H88O6. The van der Waals surface area contributed by atoms with Crippen LogP contribution in [-0.2, 0) is 28.6 Å². The lowest BCUT2D eigenvalue weighted by atomic mass is 10.1. The molecule has 0 amide bonds. The molecule has 0 fully saturated rings. The van der Waals surface area contributed by atoms with Crippen LogP contribution >= 0.6 is 0 Å². The lowest BCUT2D eigenvalue weighted by molar-refractivity contribution is -0.166. The average Bonchev–Trinajstić information content (AvgIpc) is 3.28. The Balaban J connectivity index is 4.66. The summed E-state index contributed by atoms with van der Waals surface area (Å²) in [4.78, 5) is 37.8. The standard InChI is InChI=1S/C57H88O6/c1-4-7-10-13-16-19-22-25-27-29-32-35-38-41-44-47-50-56(59)62-53-54(52-61-55(58)49-46-43-40-37-34-31-24-21-18-15-12-9-6-3)63-57(60)51-48-45-42-39-36-33-30-28-26-23-20-17-14-11-8-5-2/h7-8,10-11,16-17,19-20,25-28,31-36,41-42,44-45,54H,4-6,9,12-15,18,21-24,29-30,37-40,43,46-53H2,1-3H3/b10-7-,11-8-,19-16-,20-17-,27-25-,28-26-,34-31-,35-32-,36-33-,44-41-,45-42-. The molecule has 6 nitrogen and oxygen atoms in total. The fourth-order valence-corrected chi connectivity index (χ4v) is 6.00. The zero-order chi connectivity index (χ0) is 45.8. The van der Waals surface area contributed by atoms with Crippen LogP contribution in [0.5, 0.6) is 0 Å². The van der Waals surface area contributed by atoms with E-state index < -0.39 is 12.1 Å². The van der Waals surface area contributed by atoms with Crippen LogP contribution in [0.2, 0.25) is 0 Å². The largest absolute Gasteiger partial charge is 0.462 e. The number of allylic oxidation sites excluding steroid dienone is 22. The molecular weight excluding hydrogens is 781 g/mol. The highest BCUT2D eigenvalue weighted by molar-refractivity contribution is 5.71. The monoisotopic (exact) mass is 869 g/mol. The fraction of sp³-hybridized carbons (Fsp3) is 0.561. The summed E-state index contributed by atoms with van der Waals surface area (Å²) in [5, 5.41) is 0. The number of hydrogen-bond acceptors (Lipinski definition) is 6. The van der Waals surface area contributed by atoms with Crippen LogP contribution in [0.4, 0.5) is 0 Å². The third-order valence-corrected chi connectivity index (χ3v) is 9.65. The molecule has 63 heavy (non-hydrogen) atoms. The minimum atomic E-state index is -0.857. The molecule has 0 aliphatic heterocycles. The minimum Gasteiger partial charge on any atom is -0.462 e. The van der Waals surface area contributed by atoms with Gasteiger partial charge in [0.1, 0.15) is 13.2 Å². The lowest BCUT2D eigenvalue weighted by Crippen LogP contribution is -2.30. The summed E-state index contributed by atoms with van der Waals surface area (Å²) in [6, 6.07) is 0. The molecule has 0 aliphatic carbocycles. The molecule has 1 atom stereocenters. The highest BCUT2D eigenvalue weighted by atomic mass is 16.6. The Morgan fingerprint density at radius 2 is 0.651 bits per heavy atom. The van der Waals surface area contributed by atoms with Crippen LogP contribution in [-0.4, -0.2) is 37.2 Å². The number of ether oxygens (including phenoxy) is 3. The number of rotatable bonds is 42. The van der Waals surface area contributed by atoms with Gasteiger partial charge in [-0.2, -0.15) is 0 Å². The predicted molar refractivity (Wildman–Crippen MR) is 269 cm³/mol. The first kappa shape index (κ1) is 58.6. The van der Waals surface area contributed by atoms with E-state index in [1.54, 1.807) is 0 Å². The molecule has 0 spiro atoms. The zero-order valence-corrected chi connectivity index (χ0v) is 40.0. The molecule has 0 N–H and O–H groups in total. The van der Waals surface area contributed by atoms with Crippen LogP contribution in [0.25, 0.3) is 0 Å². The highest BCUT2D eigenvalue weighted by Crippen LogP contribution is 2.10. The highest BCUT2D eigenvalue weighted by Gasteiger charge is 2.19. The van der Waals surface area contributed by atoms with Crippen molar-refractivity contribution in [1.29, 1.82) is 0 Å². The summed E-state index contributed by atoms with van der Waals surface area (Å²) in [7, 11) is 0. The molecule has 0 aromatic rings. The van der Waals surface area contributed by atoms with Crippen LogP contribution < -0.4 is 0 Å². The molecule has 0 aliphatic rings. The van der Waals surface area contributed by atoms with Gasteiger partial charge in [0.2, 0.25) is 0 Å². The minimum absolute atomic E-state index is 0.143. The Morgan fingerprint density at radius 3 is 1.06 bits per heavy atom. The van der Waals surface area contributed by atoms with Gasteiger partial charge in [0.05, 0.1) is 0 Å². The van der Waals surface area contributed by atoms with E-state index in [9.17, 15) is 14.4 Å². The summed E-state index contributed by atoms with van der Waals surface area (Å²) >= 11 is 0. The van der Waals surface area contributed by atoms with Crippen molar-refractivity contribution in [3.8, 4) is 0 Å². The van der Waals surface area contributed by atoms with E-state index in [1.165, 1.54) is 38.5 Å². The maximum Gasteiger partial charge on any atom is 0.306 e. The van der Waals surface area contributed by atoms with Gasteiger partial charge in [0.15, 0.2) is 6.10 Å². The average molecular weight is 869 g/mol. The van der Waals surface area contributed by atoms with Crippen molar-refractivity contribution in [2.75, 3.05) is 13.2 Å². The first-order chi connectivity index (χ1) is 31.0. The number of esters is 3. The van der Waals surface area contributed by atoms with Gasteiger partial charge < -0.3 is 14.2 Å². The SMILES string of the molecule is CC/C=C\C/C=C\C/C=C\C/C=C\C/C=C\CCC(=O)OCC(COC(=O)CCCCC/C=C\CCCCCCCC)OC(=O)CC/C=C\C/C=C\C/C=C\C/C=C\C/C=C\CC. The normalized spacial score (nSPS) is 13.3. The van der Waals surface area contributed by atoms with E-state index in [-0.39, 0.29) is 38.0 Å². The topological polar surface area (TPSA) is 78.9 Å². The summed E-state index contributed by atoms with van der Waals surface area (Å²) < 4.78 is 16.6. The molecule has 352 valence electrons. The van der Waals surface area contributed by atoms with E-state index in [2.05, 4.69) is 130 Å². The fourth-order valence-electron chi connectivity index (χ4n) is 6.00. The maximum atomic E-state index is 12.7. The molecule has 0 aromatic heterocycles. The second kappa shape index (κ2) is 50.2. The smallest absolute Gasteiger partial charge is 0.306 e. The molecule has 0 saturated carbocycles. The molecule has 1 unspecified atom stereocenters. The van der Waals surface area contributed by atoms with Gasteiger partial charge in [0.25, 0.3) is 0 Å². The van der Waals surface area contributed by atoms with Crippen molar-refractivity contribution in [2.45, 2.75) is 194 Å². The van der Waals surface area contributed by atoms with Gasteiger partial charge in [0, 0.05) is 19.3 Å². The number of carbonyl (C=O) groups excluding carboxylic acids is 3. The Kier molecular flexibility index (Phi) is 46.7. The molecule has 0 aromatic carbocycles. The molecule has 0 rings (SSSR count). The number of hydrogen-bond donors (Lipinski definition) is 0. The van der Waals surface area contributed by atoms with Gasteiger partial charge in [-0.3, -0.25) is 14.4 Å². The first-order valence-electron chi connectivity index (χ1n) is 24.7. The van der Waals surface area contributed by atoms with Gasteiger partial charge in [-0.05, 0) is 109 Å². The molecule has 0 bridgehead atoms. The number of unbranched alkanes of at least 4 members (excludes halogenated alkanes) is 9. The molecule has 0 radical (unpaired) electrons. The maximum absolute atomic E-state index is 12.7. The second-order valence-electron chi connectivity index (χ2n) is 15.6. The van der Waals surface area contributed by atoms with E-state index in [0.717, 1.165) is 96.3 Å². The van der Waals surface area contributed by atoms with Crippen LogP contribution in [0.15, 0.2) is 134 Å². The van der Waals surface area contributed by atoms with E-state index in [1.807, 2.05) is 24.3 Å². The van der Waals surface area contributed by atoms with Gasteiger partial charge >= 0.3 is 17.9 Å². The van der Waals surface area contributed by atoms with Crippen molar-refractivity contribution in [3.05, 3.63) is 134 Å². The van der Waals surface area contributed by atoms with Crippen LogP contribution in [0, 0.1) is 0 Å². The first-order valence-corrected chi connectivity index (χ1v) is 24.7. The van der Waals surface area contributed by atoms with Crippen molar-refractivity contribution in [2.24, 2.45) is 0 Å². The lowest BCUT2D eigenvalue weighted by Gasteiger charge is -2.18. The van der Waals surface area contributed by atoms with Crippen molar-refractivity contribution in [1.82, 2.24) is 0 Å². The van der Waals surface area contributed by atoms with Crippen molar-refractivity contribution < 1.29 is 28.6 Å². The Morgan fingerprint density at radius 1 is 0.333 bits per heavy atom. The van der Waals surface area contributed by atoms with Crippen molar-refractivity contribution >= 4 is 17.9 Å². The molecule has 0 heterocycles. The Bertz CT molecular complexity index is 1420. The summed E-state index contributed by atoms with van der Waals surface area (Å²) in [5.74, 6) is -1.14. The molecule has 6 heteroatoms. The number of carbonyl (C=O) groups is 3. The van der Waals surface area contributed by atoms with Gasteiger partial charge in [-0.1, -0.05) is 193 Å². The quantitative estimate of drug-likeness (QED) is 0.0263. The van der Waals surface area contributed by atoms with Gasteiger partial charge in [-0.25, -0.2) is 0 Å². The van der Waals surface area contributed by atoms with E-state index in [0.29, 0.717) is 19.3 Å². The summed E-state index contributed by atoms with van der Waals surface area (Å²) in [6.07, 6.45) is 70.3.